The lowest BCUT2D eigenvalue weighted by Gasteiger charge is -2.17. The Hall–Kier alpha value is -0.390. The molecule has 1 rings (SSSR count). The molecule has 0 fully saturated rings. The van der Waals surface area contributed by atoms with Crippen LogP contribution >= 0.6 is 22.6 Å². The van der Waals surface area contributed by atoms with Crippen LogP contribution in [-0.2, 0) is 0 Å². The van der Waals surface area contributed by atoms with Crippen LogP contribution in [0.15, 0.2) is 18.2 Å². The van der Waals surface area contributed by atoms with Crippen LogP contribution in [0.2, 0.25) is 0 Å². The molecular weight excluding hydrogens is 287 g/mol. The van der Waals surface area contributed by atoms with Crippen molar-refractivity contribution in [3.05, 3.63) is 29.8 Å². The third-order valence-electron chi connectivity index (χ3n) is 1.76. The zero-order valence-electron chi connectivity index (χ0n) is 7.23. The molecule has 0 atom stereocenters. The minimum Gasteiger partial charge on any atom is -0.374 e. The van der Waals surface area contributed by atoms with E-state index in [0.717, 1.165) is 17.0 Å². The molecule has 0 saturated carbocycles. The number of nitrogens with zero attached hydrogens (tertiary/aromatic N) is 1. The molecule has 0 heterocycles. The fraction of sp³-hybridized carbons (Fsp3) is 0.333. The zero-order chi connectivity index (χ0) is 9.84. The lowest BCUT2D eigenvalue weighted by molar-refractivity contribution is 0.508. The van der Waals surface area contributed by atoms with Crippen molar-refractivity contribution in [3.8, 4) is 0 Å². The van der Waals surface area contributed by atoms with Gasteiger partial charge in [-0.1, -0.05) is 22.6 Å². The number of anilines is 1. The van der Waals surface area contributed by atoms with Crippen LogP contribution in [-0.4, -0.2) is 18.0 Å². The fourth-order valence-electron chi connectivity index (χ4n) is 0.978. The second kappa shape index (κ2) is 4.74. The number of hydrogen-bond donors (Lipinski definition) is 0. The molecule has 0 bridgehead atoms. The molecule has 72 valence electrons. The molecule has 0 unspecified atom stereocenters. The standard InChI is InChI=1S/C9H10F2IN/c1-13(5-4-12)7-2-3-8(10)9(11)6-7/h2-3,6H,4-5H2,1H3. The Balaban J connectivity index is 2.84. The van der Waals surface area contributed by atoms with Gasteiger partial charge in [-0.3, -0.25) is 0 Å². The summed E-state index contributed by atoms with van der Waals surface area (Å²) in [6.07, 6.45) is 0. The monoisotopic (exact) mass is 297 g/mol. The van der Waals surface area contributed by atoms with Gasteiger partial charge in [0, 0.05) is 29.8 Å². The maximum atomic E-state index is 12.8. The minimum absolute atomic E-state index is 0.704. The quantitative estimate of drug-likeness (QED) is 0.612. The molecule has 4 heteroatoms. The molecule has 1 aromatic rings. The van der Waals surface area contributed by atoms with Gasteiger partial charge in [0.1, 0.15) is 0 Å². The number of alkyl halides is 1. The molecule has 0 aromatic heterocycles. The molecule has 13 heavy (non-hydrogen) atoms. The first-order valence-electron chi connectivity index (χ1n) is 3.87. The second-order valence-electron chi connectivity index (χ2n) is 2.71. The molecule has 1 aromatic carbocycles. The number of benzene rings is 1. The first-order valence-corrected chi connectivity index (χ1v) is 5.40. The summed E-state index contributed by atoms with van der Waals surface area (Å²) in [5.74, 6) is -1.59. The zero-order valence-corrected chi connectivity index (χ0v) is 9.38. The van der Waals surface area contributed by atoms with E-state index in [1.165, 1.54) is 6.07 Å². The van der Waals surface area contributed by atoms with Gasteiger partial charge in [0.25, 0.3) is 0 Å². The van der Waals surface area contributed by atoms with Crippen LogP contribution in [0, 0.1) is 11.6 Å². The van der Waals surface area contributed by atoms with Gasteiger partial charge >= 0.3 is 0 Å². The van der Waals surface area contributed by atoms with E-state index in [9.17, 15) is 8.78 Å². The highest BCUT2D eigenvalue weighted by Gasteiger charge is 2.05. The number of hydrogen-bond acceptors (Lipinski definition) is 1. The Kier molecular flexibility index (Phi) is 3.90. The molecule has 0 amide bonds. The molecule has 0 saturated heterocycles. The third-order valence-corrected chi connectivity index (χ3v) is 2.25. The summed E-state index contributed by atoms with van der Waals surface area (Å²) in [7, 11) is 1.85. The van der Waals surface area contributed by atoms with E-state index in [-0.39, 0.29) is 0 Å². The van der Waals surface area contributed by atoms with Crippen molar-refractivity contribution in [2.75, 3.05) is 22.9 Å². The largest absolute Gasteiger partial charge is 0.374 e. The Morgan fingerprint density at radius 3 is 2.54 bits per heavy atom. The van der Waals surface area contributed by atoms with E-state index in [4.69, 9.17) is 0 Å². The molecule has 0 aliphatic heterocycles. The van der Waals surface area contributed by atoms with Crippen LogP contribution in [0.25, 0.3) is 0 Å². The molecule has 0 radical (unpaired) electrons. The van der Waals surface area contributed by atoms with E-state index in [1.54, 1.807) is 6.07 Å². The fourth-order valence-corrected chi connectivity index (χ4v) is 1.70. The van der Waals surface area contributed by atoms with Crippen molar-refractivity contribution in [3.63, 3.8) is 0 Å². The average Bonchev–Trinajstić information content (AvgIpc) is 2.10. The first kappa shape index (κ1) is 10.7. The summed E-state index contributed by atoms with van der Waals surface area (Å²) < 4.78 is 26.3. The Labute approximate surface area is 89.9 Å². The lowest BCUT2D eigenvalue weighted by atomic mass is 10.3. The van der Waals surface area contributed by atoms with Crippen LogP contribution in [0.4, 0.5) is 14.5 Å². The van der Waals surface area contributed by atoms with Crippen LogP contribution < -0.4 is 4.90 Å². The van der Waals surface area contributed by atoms with E-state index in [1.807, 2.05) is 11.9 Å². The Morgan fingerprint density at radius 1 is 1.31 bits per heavy atom. The highest BCUT2D eigenvalue weighted by Crippen LogP contribution is 2.16. The molecule has 0 aliphatic rings. The second-order valence-corrected chi connectivity index (χ2v) is 3.79. The Bertz CT molecular complexity index is 291. The predicted octanol–water partition coefficient (Wildman–Crippen LogP) is 2.84. The molecule has 0 N–H and O–H groups in total. The van der Waals surface area contributed by atoms with Gasteiger partial charge in [0.05, 0.1) is 0 Å². The van der Waals surface area contributed by atoms with E-state index < -0.39 is 11.6 Å². The summed E-state index contributed by atoms with van der Waals surface area (Å²) >= 11 is 2.24. The van der Waals surface area contributed by atoms with Gasteiger partial charge in [0.2, 0.25) is 0 Å². The van der Waals surface area contributed by atoms with Gasteiger partial charge < -0.3 is 4.90 Å². The van der Waals surface area contributed by atoms with Gasteiger partial charge in [-0.2, -0.15) is 0 Å². The van der Waals surface area contributed by atoms with E-state index in [0.29, 0.717) is 5.69 Å². The highest BCUT2D eigenvalue weighted by atomic mass is 127. The van der Waals surface area contributed by atoms with Crippen LogP contribution in [0.3, 0.4) is 0 Å². The van der Waals surface area contributed by atoms with Crippen LogP contribution in [0.5, 0.6) is 0 Å². The molecule has 0 aliphatic carbocycles. The topological polar surface area (TPSA) is 3.24 Å². The molecular formula is C9H10F2IN. The molecule has 0 spiro atoms. The van der Waals surface area contributed by atoms with Gasteiger partial charge in [-0.25, -0.2) is 8.78 Å². The summed E-state index contributed by atoms with van der Waals surface area (Å²) in [6.45, 7) is 0.825. The Morgan fingerprint density at radius 2 is 2.00 bits per heavy atom. The van der Waals surface area contributed by atoms with Crippen molar-refractivity contribution in [2.45, 2.75) is 0 Å². The maximum absolute atomic E-state index is 12.8. The smallest absolute Gasteiger partial charge is 0.160 e. The van der Waals surface area contributed by atoms with Crippen molar-refractivity contribution in [1.82, 2.24) is 0 Å². The van der Waals surface area contributed by atoms with Crippen molar-refractivity contribution in [1.29, 1.82) is 0 Å². The summed E-state index contributed by atoms with van der Waals surface area (Å²) in [4.78, 5) is 1.88. The third kappa shape index (κ3) is 2.79. The van der Waals surface area contributed by atoms with Gasteiger partial charge in [0.15, 0.2) is 11.6 Å². The SMILES string of the molecule is CN(CCI)c1ccc(F)c(F)c1. The lowest BCUT2D eigenvalue weighted by Crippen LogP contribution is -2.19. The van der Waals surface area contributed by atoms with E-state index >= 15 is 0 Å². The minimum atomic E-state index is -0.799. The highest BCUT2D eigenvalue weighted by molar-refractivity contribution is 14.1. The molecule has 1 nitrogen and oxygen atoms in total. The number of rotatable bonds is 3. The van der Waals surface area contributed by atoms with Crippen LogP contribution in [0.1, 0.15) is 0 Å². The predicted molar refractivity (Wildman–Crippen MR) is 58.5 cm³/mol. The van der Waals surface area contributed by atoms with Gasteiger partial charge in [-0.05, 0) is 12.1 Å². The number of halogens is 3. The van der Waals surface area contributed by atoms with Crippen molar-refractivity contribution in [2.24, 2.45) is 0 Å². The average molecular weight is 297 g/mol. The maximum Gasteiger partial charge on any atom is 0.160 e. The van der Waals surface area contributed by atoms with Crippen molar-refractivity contribution >= 4 is 28.3 Å². The summed E-state index contributed by atoms with van der Waals surface area (Å²) in [5, 5.41) is 0. The summed E-state index contributed by atoms with van der Waals surface area (Å²) in [6, 6.07) is 3.93. The van der Waals surface area contributed by atoms with Crippen molar-refractivity contribution < 1.29 is 8.78 Å². The van der Waals surface area contributed by atoms with Gasteiger partial charge in [-0.15, -0.1) is 0 Å². The normalized spacial score (nSPS) is 10.2. The van der Waals surface area contributed by atoms with E-state index in [2.05, 4.69) is 22.6 Å². The first-order chi connectivity index (χ1) is 6.15. The summed E-state index contributed by atoms with van der Waals surface area (Å²) in [5.41, 5.74) is 0.704.